The molecule has 0 bridgehead atoms. The average Bonchev–Trinajstić information content (AvgIpc) is 3.20. The summed E-state index contributed by atoms with van der Waals surface area (Å²) in [6.45, 7) is 0.179. The van der Waals surface area contributed by atoms with E-state index >= 15 is 0 Å². The van der Waals surface area contributed by atoms with Crippen LogP contribution in [0.1, 0.15) is 18.4 Å². The van der Waals surface area contributed by atoms with Crippen LogP contribution >= 0.6 is 0 Å². The smallest absolute Gasteiger partial charge is 0.319 e. The number of nitrogens with one attached hydrogen (secondary N) is 1. The van der Waals surface area contributed by atoms with E-state index in [4.69, 9.17) is 5.11 Å². The van der Waals surface area contributed by atoms with Gasteiger partial charge >= 0.3 is 5.97 Å². The maximum Gasteiger partial charge on any atom is 0.319 e. The van der Waals surface area contributed by atoms with Gasteiger partial charge in [-0.3, -0.25) is 19.7 Å². The normalized spacial score (nSPS) is 15.4. The van der Waals surface area contributed by atoms with Crippen molar-refractivity contribution in [3.63, 3.8) is 0 Å². The highest BCUT2D eigenvalue weighted by molar-refractivity contribution is 6.04. The van der Waals surface area contributed by atoms with Crippen LogP contribution in [0.25, 0.3) is 0 Å². The molecule has 0 radical (unpaired) electrons. The number of benzene rings is 1. The lowest BCUT2D eigenvalue weighted by atomic mass is 10.1. The van der Waals surface area contributed by atoms with Gasteiger partial charge in [-0.1, -0.05) is 18.2 Å². The maximum absolute atomic E-state index is 11.8. The minimum atomic E-state index is -1.28. The van der Waals surface area contributed by atoms with E-state index in [0.29, 0.717) is 24.8 Å². The first-order valence-corrected chi connectivity index (χ1v) is 6.21. The summed E-state index contributed by atoms with van der Waals surface area (Å²) in [5.74, 6) is -1.62. The number of carbonyl (C=O) groups excluding carboxylic acids is 1. The average molecular weight is 278 g/mol. The molecule has 1 aromatic carbocycles. The molecule has 2 N–H and O–H groups in total. The van der Waals surface area contributed by atoms with Crippen LogP contribution in [0.2, 0.25) is 0 Å². The first-order chi connectivity index (χ1) is 9.47. The molecule has 1 saturated carbocycles. The third-order valence-electron chi connectivity index (χ3n) is 3.46. The molecular weight excluding hydrogens is 264 g/mol. The fourth-order valence-electron chi connectivity index (χ4n) is 2.04. The Morgan fingerprint density at radius 2 is 2.00 bits per heavy atom. The fraction of sp³-hybridized carbons (Fsp3) is 0.385. The van der Waals surface area contributed by atoms with Gasteiger partial charge in [0.2, 0.25) is 5.91 Å². The Hall–Kier alpha value is -2.44. The highest BCUT2D eigenvalue weighted by Crippen LogP contribution is 2.46. The summed E-state index contributed by atoms with van der Waals surface area (Å²) in [5.41, 5.74) is -0.762. The predicted octanol–water partition coefficient (Wildman–Crippen LogP) is 1.12. The van der Waals surface area contributed by atoms with Crippen molar-refractivity contribution in [1.29, 1.82) is 0 Å². The zero-order valence-electron chi connectivity index (χ0n) is 10.7. The van der Waals surface area contributed by atoms with E-state index in [1.807, 2.05) is 0 Å². The third kappa shape index (κ3) is 2.61. The van der Waals surface area contributed by atoms with Crippen molar-refractivity contribution < 1.29 is 19.6 Å². The second kappa shape index (κ2) is 5.28. The molecule has 1 fully saturated rings. The molecule has 7 nitrogen and oxygen atoms in total. The van der Waals surface area contributed by atoms with Gasteiger partial charge in [0.15, 0.2) is 0 Å². The van der Waals surface area contributed by atoms with Crippen LogP contribution in [-0.2, 0) is 16.0 Å². The number of hydrogen-bond acceptors (Lipinski definition) is 4. The Labute approximate surface area is 114 Å². The second-order valence-electron chi connectivity index (χ2n) is 4.78. The van der Waals surface area contributed by atoms with Crippen molar-refractivity contribution >= 4 is 17.6 Å². The number of amides is 1. The molecule has 0 unspecified atom stereocenters. The number of nitrogens with zero attached hydrogens (tertiary/aromatic N) is 1. The number of rotatable bonds is 6. The summed E-state index contributed by atoms with van der Waals surface area (Å²) >= 11 is 0. The van der Waals surface area contributed by atoms with Crippen LogP contribution in [-0.4, -0.2) is 28.5 Å². The standard InChI is InChI=1S/C13H14N2O5/c16-11(13(6-7-13)12(17)18)14-8-5-9-3-1-2-4-10(9)15(19)20/h1-4H,5-8H2,(H,14,16)(H,17,18). The molecular formula is C13H14N2O5. The van der Waals surface area contributed by atoms with Crippen molar-refractivity contribution in [1.82, 2.24) is 5.32 Å². The number of aliphatic carboxylic acids is 1. The summed E-state index contributed by atoms with van der Waals surface area (Å²) in [6.07, 6.45) is 0.984. The van der Waals surface area contributed by atoms with Gasteiger partial charge in [-0.25, -0.2) is 0 Å². The van der Waals surface area contributed by atoms with E-state index in [9.17, 15) is 19.7 Å². The Balaban J connectivity index is 1.93. The van der Waals surface area contributed by atoms with Crippen molar-refractivity contribution in [2.75, 3.05) is 6.54 Å². The summed E-state index contributed by atoms with van der Waals surface area (Å²) < 4.78 is 0. The summed E-state index contributed by atoms with van der Waals surface area (Å²) in [6, 6.07) is 6.28. The Kier molecular flexibility index (Phi) is 3.69. The van der Waals surface area contributed by atoms with Gasteiger partial charge in [0.05, 0.1) is 4.92 Å². The molecule has 1 aliphatic carbocycles. The molecule has 7 heteroatoms. The molecule has 0 aliphatic heterocycles. The topological polar surface area (TPSA) is 110 Å². The molecule has 2 rings (SSSR count). The minimum absolute atomic E-state index is 0.00104. The van der Waals surface area contributed by atoms with Crippen molar-refractivity contribution in [3.8, 4) is 0 Å². The van der Waals surface area contributed by atoms with Gasteiger partial charge in [0, 0.05) is 18.2 Å². The number of para-hydroxylation sites is 1. The number of nitro groups is 1. The molecule has 0 spiro atoms. The summed E-state index contributed by atoms with van der Waals surface area (Å²) in [5, 5.41) is 22.3. The van der Waals surface area contributed by atoms with Crippen molar-refractivity contribution in [2.45, 2.75) is 19.3 Å². The van der Waals surface area contributed by atoms with Crippen molar-refractivity contribution in [3.05, 3.63) is 39.9 Å². The lowest BCUT2D eigenvalue weighted by molar-refractivity contribution is -0.385. The predicted molar refractivity (Wildman–Crippen MR) is 69.1 cm³/mol. The number of carbonyl (C=O) groups is 2. The van der Waals surface area contributed by atoms with Gasteiger partial charge in [-0.2, -0.15) is 0 Å². The number of hydrogen-bond donors (Lipinski definition) is 2. The fourth-order valence-corrected chi connectivity index (χ4v) is 2.04. The summed E-state index contributed by atoms with van der Waals surface area (Å²) in [4.78, 5) is 33.0. The van der Waals surface area contributed by atoms with Crippen LogP contribution in [0, 0.1) is 15.5 Å². The zero-order valence-corrected chi connectivity index (χ0v) is 10.7. The Morgan fingerprint density at radius 3 is 2.55 bits per heavy atom. The maximum atomic E-state index is 11.8. The van der Waals surface area contributed by atoms with E-state index in [2.05, 4.69) is 5.32 Å². The second-order valence-corrected chi connectivity index (χ2v) is 4.78. The molecule has 1 aromatic rings. The highest BCUT2D eigenvalue weighted by Gasteiger charge is 2.56. The monoisotopic (exact) mass is 278 g/mol. The lowest BCUT2D eigenvalue weighted by Gasteiger charge is -2.10. The SMILES string of the molecule is O=C(O)C1(C(=O)NCCc2ccccc2[N+](=O)[O-])CC1. The highest BCUT2D eigenvalue weighted by atomic mass is 16.6. The number of carboxylic acids is 1. The molecule has 0 atom stereocenters. The van der Waals surface area contributed by atoms with Gasteiger partial charge in [-0.15, -0.1) is 0 Å². The minimum Gasteiger partial charge on any atom is -0.480 e. The van der Waals surface area contributed by atoms with Crippen LogP contribution < -0.4 is 5.32 Å². The van der Waals surface area contributed by atoms with E-state index in [0.717, 1.165) is 0 Å². The molecule has 1 aliphatic rings. The number of carboxylic acid groups (broad SMARTS) is 1. The van der Waals surface area contributed by atoms with Crippen LogP contribution in [0.4, 0.5) is 5.69 Å². The van der Waals surface area contributed by atoms with Gasteiger partial charge in [-0.05, 0) is 19.3 Å². The largest absolute Gasteiger partial charge is 0.480 e. The van der Waals surface area contributed by atoms with E-state index < -0.39 is 22.2 Å². The molecule has 1 amide bonds. The molecule has 0 heterocycles. The molecule has 106 valence electrons. The van der Waals surface area contributed by atoms with Crippen LogP contribution in [0.15, 0.2) is 24.3 Å². The molecule has 0 saturated heterocycles. The quantitative estimate of drug-likeness (QED) is 0.460. The zero-order chi connectivity index (χ0) is 14.8. The van der Waals surface area contributed by atoms with Crippen molar-refractivity contribution in [2.24, 2.45) is 5.41 Å². The van der Waals surface area contributed by atoms with E-state index in [-0.39, 0.29) is 12.2 Å². The van der Waals surface area contributed by atoms with Gasteiger partial charge in [0.25, 0.3) is 5.69 Å². The van der Waals surface area contributed by atoms with Crippen LogP contribution in [0.3, 0.4) is 0 Å². The lowest BCUT2D eigenvalue weighted by Crippen LogP contribution is -2.38. The number of nitro benzene ring substituents is 1. The van der Waals surface area contributed by atoms with Crippen LogP contribution in [0.5, 0.6) is 0 Å². The third-order valence-corrected chi connectivity index (χ3v) is 3.46. The first-order valence-electron chi connectivity index (χ1n) is 6.21. The summed E-state index contributed by atoms with van der Waals surface area (Å²) in [7, 11) is 0. The Bertz CT molecular complexity index is 566. The van der Waals surface area contributed by atoms with Gasteiger partial charge < -0.3 is 10.4 Å². The van der Waals surface area contributed by atoms with E-state index in [1.54, 1.807) is 18.2 Å². The van der Waals surface area contributed by atoms with Gasteiger partial charge in [0.1, 0.15) is 5.41 Å². The first kappa shape index (κ1) is 14.0. The molecule has 0 aromatic heterocycles. The van der Waals surface area contributed by atoms with E-state index in [1.165, 1.54) is 6.07 Å². The Morgan fingerprint density at radius 1 is 1.35 bits per heavy atom. The molecule has 20 heavy (non-hydrogen) atoms.